The number of likely N-dealkylation sites (tertiary alicyclic amines) is 1. The van der Waals surface area contributed by atoms with Crippen LogP contribution in [0.5, 0.6) is 0 Å². The van der Waals surface area contributed by atoms with Crippen molar-refractivity contribution in [3.05, 3.63) is 47.3 Å². The van der Waals surface area contributed by atoms with E-state index in [4.69, 9.17) is 4.74 Å². The molecule has 2 aliphatic heterocycles. The molecule has 2 aliphatic rings. The van der Waals surface area contributed by atoms with E-state index in [0.29, 0.717) is 43.8 Å². The van der Waals surface area contributed by atoms with E-state index in [9.17, 15) is 18.4 Å². The van der Waals surface area contributed by atoms with Crippen molar-refractivity contribution in [2.24, 2.45) is 0 Å². The number of nitrogens with one attached hydrogen (secondary N) is 2. The van der Waals surface area contributed by atoms with E-state index in [-0.39, 0.29) is 29.6 Å². The van der Waals surface area contributed by atoms with Crippen LogP contribution < -0.4 is 10.6 Å². The van der Waals surface area contributed by atoms with Gasteiger partial charge in [-0.25, -0.2) is 18.3 Å². The minimum Gasteiger partial charge on any atom is -0.450 e. The lowest BCUT2D eigenvalue weighted by Gasteiger charge is -2.31. The molecule has 2 amide bonds. The number of carbonyl (C=O) groups excluding carboxylic acids is 2. The minimum atomic E-state index is -0.730. The van der Waals surface area contributed by atoms with Gasteiger partial charge in [-0.2, -0.15) is 5.10 Å². The second-order valence-corrected chi connectivity index (χ2v) is 8.41. The number of hydrogen-bond donors (Lipinski definition) is 2. The second kappa shape index (κ2) is 10.3. The van der Waals surface area contributed by atoms with Crippen LogP contribution in [0.15, 0.2) is 24.4 Å². The zero-order valence-corrected chi connectivity index (χ0v) is 18.7. The molecule has 0 atom stereocenters. The van der Waals surface area contributed by atoms with Gasteiger partial charge >= 0.3 is 6.09 Å². The van der Waals surface area contributed by atoms with E-state index in [1.807, 2.05) is 0 Å². The second-order valence-electron chi connectivity index (χ2n) is 8.41. The molecular weight excluding hydrogens is 432 g/mol. The average Bonchev–Trinajstić information content (AvgIpc) is 3.25. The van der Waals surface area contributed by atoms with Gasteiger partial charge in [-0.3, -0.25) is 4.79 Å². The summed E-state index contributed by atoms with van der Waals surface area (Å²) in [6, 6.07) is 3.26. The maximum Gasteiger partial charge on any atom is 0.409 e. The molecule has 2 saturated heterocycles. The molecule has 0 spiro atoms. The molecule has 8 nitrogen and oxygen atoms in total. The maximum absolute atomic E-state index is 14.6. The first-order valence-corrected chi connectivity index (χ1v) is 11.4. The Balaban J connectivity index is 1.54. The fraction of sp³-hybridized carbons (Fsp3) is 0.522. The Hall–Kier alpha value is -3.01. The van der Waals surface area contributed by atoms with E-state index >= 15 is 0 Å². The minimum absolute atomic E-state index is 0.0182. The normalized spacial score (nSPS) is 17.7. The molecule has 1 aromatic carbocycles. The zero-order valence-electron chi connectivity index (χ0n) is 18.7. The largest absolute Gasteiger partial charge is 0.450 e. The summed E-state index contributed by atoms with van der Waals surface area (Å²) in [5.74, 6) is -1.65. The Morgan fingerprint density at radius 1 is 1.18 bits per heavy atom. The number of hydrogen-bond acceptors (Lipinski definition) is 5. The summed E-state index contributed by atoms with van der Waals surface area (Å²) in [6.45, 7) is 4.68. The summed E-state index contributed by atoms with van der Waals surface area (Å²) in [7, 11) is 0. The molecule has 0 aliphatic carbocycles. The highest BCUT2D eigenvalue weighted by atomic mass is 19.1. The van der Waals surface area contributed by atoms with E-state index in [2.05, 4.69) is 15.7 Å². The molecule has 0 radical (unpaired) electrons. The summed E-state index contributed by atoms with van der Waals surface area (Å²) in [5.41, 5.74) is 1.16. The summed E-state index contributed by atoms with van der Waals surface area (Å²) < 4.78 is 34.5. The number of nitrogens with zero attached hydrogens (tertiary/aromatic N) is 3. The van der Waals surface area contributed by atoms with Gasteiger partial charge in [-0.1, -0.05) is 0 Å². The number of aromatic nitrogens is 2. The van der Waals surface area contributed by atoms with E-state index in [1.54, 1.807) is 11.8 Å². The van der Waals surface area contributed by atoms with Crippen LogP contribution in [0.2, 0.25) is 0 Å². The Labute approximate surface area is 191 Å². The maximum atomic E-state index is 14.6. The first-order chi connectivity index (χ1) is 16.0. The molecular formula is C23H29F2N5O3. The van der Waals surface area contributed by atoms with Crippen LogP contribution in [0.25, 0.3) is 5.69 Å². The third-order valence-electron chi connectivity index (χ3n) is 6.27. The molecule has 4 rings (SSSR count). The number of benzene rings is 1. The van der Waals surface area contributed by atoms with Gasteiger partial charge in [0.15, 0.2) is 5.82 Å². The predicted octanol–water partition coefficient (Wildman–Crippen LogP) is 2.97. The molecule has 2 aromatic rings. The first-order valence-electron chi connectivity index (χ1n) is 11.4. The molecule has 2 fully saturated rings. The lowest BCUT2D eigenvalue weighted by atomic mass is 9.91. The topological polar surface area (TPSA) is 88.5 Å². The van der Waals surface area contributed by atoms with Crippen LogP contribution in [-0.2, 0) is 4.74 Å². The molecule has 10 heteroatoms. The standard InChI is InChI=1S/C23H29F2N5O3/c1-2-33-23(32)29-11-7-17(8-12-29)28-22(31)18-14-27-30(20-4-3-16(24)13-19(20)25)21(18)15-5-9-26-10-6-15/h3-4,13-15,17,26H,2,5-12H2,1H3,(H,28,31). The molecule has 0 bridgehead atoms. The monoisotopic (exact) mass is 461 g/mol. The number of ether oxygens (including phenoxy) is 1. The van der Waals surface area contributed by atoms with Crippen LogP contribution in [0.1, 0.15) is 54.6 Å². The highest BCUT2D eigenvalue weighted by molar-refractivity contribution is 5.95. The Kier molecular flexibility index (Phi) is 7.22. The van der Waals surface area contributed by atoms with Crippen LogP contribution in [0, 0.1) is 11.6 Å². The molecule has 0 unspecified atom stereocenters. The van der Waals surface area contributed by atoms with Crippen molar-refractivity contribution in [1.82, 2.24) is 25.3 Å². The van der Waals surface area contributed by atoms with Crippen molar-refractivity contribution in [2.75, 3.05) is 32.8 Å². The smallest absolute Gasteiger partial charge is 0.409 e. The SMILES string of the molecule is CCOC(=O)N1CCC(NC(=O)c2cnn(-c3ccc(F)cc3F)c2C2CCNCC2)CC1. The Bertz CT molecular complexity index is 998. The number of piperidine rings is 2. The van der Waals surface area contributed by atoms with Gasteiger partial charge in [0, 0.05) is 31.1 Å². The molecule has 0 saturated carbocycles. The van der Waals surface area contributed by atoms with Gasteiger partial charge in [0.05, 0.1) is 24.1 Å². The summed E-state index contributed by atoms with van der Waals surface area (Å²) in [5, 5.41) is 10.7. The van der Waals surface area contributed by atoms with Crippen LogP contribution in [0.3, 0.4) is 0 Å². The fourth-order valence-corrected chi connectivity index (χ4v) is 4.55. The lowest BCUT2D eigenvalue weighted by molar-refractivity contribution is 0.0859. The zero-order chi connectivity index (χ0) is 23.4. The van der Waals surface area contributed by atoms with Crippen molar-refractivity contribution in [3.63, 3.8) is 0 Å². The van der Waals surface area contributed by atoms with Gasteiger partial charge < -0.3 is 20.3 Å². The third-order valence-corrected chi connectivity index (χ3v) is 6.27. The molecule has 3 heterocycles. The predicted molar refractivity (Wildman–Crippen MR) is 117 cm³/mol. The third kappa shape index (κ3) is 5.16. The van der Waals surface area contributed by atoms with Crippen molar-refractivity contribution in [1.29, 1.82) is 0 Å². The Morgan fingerprint density at radius 2 is 1.91 bits per heavy atom. The van der Waals surface area contributed by atoms with Gasteiger partial charge in [-0.15, -0.1) is 0 Å². The number of halogens is 2. The number of rotatable bonds is 5. The van der Waals surface area contributed by atoms with E-state index in [1.165, 1.54) is 23.0 Å². The van der Waals surface area contributed by atoms with Crippen LogP contribution >= 0.6 is 0 Å². The highest BCUT2D eigenvalue weighted by Gasteiger charge is 2.30. The van der Waals surface area contributed by atoms with Gasteiger partial charge in [-0.05, 0) is 57.8 Å². The summed E-state index contributed by atoms with van der Waals surface area (Å²) in [6.07, 6.45) is 3.93. The van der Waals surface area contributed by atoms with Gasteiger partial charge in [0.2, 0.25) is 0 Å². The van der Waals surface area contributed by atoms with Gasteiger partial charge in [0.1, 0.15) is 11.5 Å². The molecule has 33 heavy (non-hydrogen) atoms. The lowest BCUT2D eigenvalue weighted by Crippen LogP contribution is -2.46. The Morgan fingerprint density at radius 3 is 2.58 bits per heavy atom. The highest BCUT2D eigenvalue weighted by Crippen LogP contribution is 2.31. The number of carbonyl (C=O) groups is 2. The van der Waals surface area contributed by atoms with Gasteiger partial charge in [0.25, 0.3) is 5.91 Å². The first kappa shape index (κ1) is 23.2. The van der Waals surface area contributed by atoms with Crippen molar-refractivity contribution < 1.29 is 23.1 Å². The fourth-order valence-electron chi connectivity index (χ4n) is 4.55. The summed E-state index contributed by atoms with van der Waals surface area (Å²) >= 11 is 0. The molecule has 1 aromatic heterocycles. The van der Waals surface area contributed by atoms with Crippen LogP contribution in [-0.4, -0.2) is 65.5 Å². The van der Waals surface area contributed by atoms with E-state index < -0.39 is 11.6 Å². The van der Waals surface area contributed by atoms with Crippen molar-refractivity contribution in [3.8, 4) is 5.69 Å². The van der Waals surface area contributed by atoms with Crippen molar-refractivity contribution in [2.45, 2.75) is 44.6 Å². The average molecular weight is 462 g/mol. The number of amides is 2. The summed E-state index contributed by atoms with van der Waals surface area (Å²) in [4.78, 5) is 26.8. The van der Waals surface area contributed by atoms with Crippen molar-refractivity contribution >= 4 is 12.0 Å². The molecule has 178 valence electrons. The van der Waals surface area contributed by atoms with Crippen LogP contribution in [0.4, 0.5) is 13.6 Å². The quantitative estimate of drug-likeness (QED) is 0.715. The molecule has 2 N–H and O–H groups in total. The van der Waals surface area contributed by atoms with E-state index in [0.717, 1.165) is 32.0 Å².